The molecule has 0 unspecified atom stereocenters. The molecular weight excluding hydrogens is 254 g/mol. The van der Waals surface area contributed by atoms with Gasteiger partial charge in [0.15, 0.2) is 11.5 Å². The SMILES string of the molecule is CCNc1cn2ccnc2c(NCC2(CCO)CC2)n1. The van der Waals surface area contributed by atoms with Crippen molar-refractivity contribution in [2.24, 2.45) is 5.41 Å². The minimum Gasteiger partial charge on any atom is -0.396 e. The molecule has 0 saturated heterocycles. The molecule has 6 heteroatoms. The molecular formula is C14H21N5O. The summed E-state index contributed by atoms with van der Waals surface area (Å²) in [5.74, 6) is 1.64. The molecule has 0 atom stereocenters. The Morgan fingerprint density at radius 2 is 2.25 bits per heavy atom. The highest BCUT2D eigenvalue weighted by Gasteiger charge is 2.41. The first kappa shape index (κ1) is 13.2. The standard InChI is InChI=1S/C14H21N5O/c1-2-15-11-9-19-7-6-16-13(19)12(18-11)17-10-14(3-4-14)5-8-20/h6-7,9,15,20H,2-5,8,10H2,1H3,(H,17,18). The van der Waals surface area contributed by atoms with Gasteiger partial charge >= 0.3 is 0 Å². The van der Waals surface area contributed by atoms with E-state index in [1.54, 1.807) is 6.20 Å². The zero-order valence-corrected chi connectivity index (χ0v) is 11.8. The Bertz CT molecular complexity index is 590. The molecule has 3 rings (SSSR count). The van der Waals surface area contributed by atoms with Crippen LogP contribution in [0.2, 0.25) is 0 Å². The van der Waals surface area contributed by atoms with Crippen LogP contribution < -0.4 is 10.6 Å². The van der Waals surface area contributed by atoms with E-state index in [1.807, 2.05) is 23.7 Å². The third-order valence-corrected chi connectivity index (χ3v) is 3.96. The Kier molecular flexibility index (Phi) is 3.48. The topological polar surface area (TPSA) is 74.5 Å². The van der Waals surface area contributed by atoms with Gasteiger partial charge in [-0.05, 0) is 31.6 Å². The highest BCUT2D eigenvalue weighted by Crippen LogP contribution is 2.48. The highest BCUT2D eigenvalue weighted by atomic mass is 16.3. The van der Waals surface area contributed by atoms with E-state index in [9.17, 15) is 0 Å². The second-order valence-corrected chi connectivity index (χ2v) is 5.49. The molecule has 1 aliphatic carbocycles. The van der Waals surface area contributed by atoms with Gasteiger partial charge in [-0.1, -0.05) is 0 Å². The minimum absolute atomic E-state index is 0.255. The molecule has 20 heavy (non-hydrogen) atoms. The van der Waals surface area contributed by atoms with Crippen molar-refractivity contribution >= 4 is 17.3 Å². The lowest BCUT2D eigenvalue weighted by Gasteiger charge is -2.16. The van der Waals surface area contributed by atoms with Crippen LogP contribution in [0.15, 0.2) is 18.6 Å². The largest absolute Gasteiger partial charge is 0.396 e. The molecule has 6 nitrogen and oxygen atoms in total. The smallest absolute Gasteiger partial charge is 0.180 e. The maximum Gasteiger partial charge on any atom is 0.180 e. The van der Waals surface area contributed by atoms with Crippen LogP contribution >= 0.6 is 0 Å². The van der Waals surface area contributed by atoms with Crippen LogP contribution in [-0.2, 0) is 0 Å². The maximum atomic E-state index is 9.12. The van der Waals surface area contributed by atoms with Crippen LogP contribution in [0, 0.1) is 5.41 Å². The van der Waals surface area contributed by atoms with Crippen molar-refractivity contribution in [2.45, 2.75) is 26.2 Å². The van der Waals surface area contributed by atoms with Gasteiger partial charge in [-0.3, -0.25) is 0 Å². The number of nitrogens with zero attached hydrogens (tertiary/aromatic N) is 3. The average Bonchev–Trinajstić information content (AvgIpc) is 3.03. The molecule has 0 radical (unpaired) electrons. The van der Waals surface area contributed by atoms with Gasteiger partial charge in [0, 0.05) is 32.1 Å². The molecule has 1 aliphatic rings. The van der Waals surface area contributed by atoms with Gasteiger partial charge in [0.1, 0.15) is 5.82 Å². The van der Waals surface area contributed by atoms with Crippen molar-refractivity contribution in [1.29, 1.82) is 0 Å². The molecule has 0 amide bonds. The fourth-order valence-electron chi connectivity index (χ4n) is 2.52. The fourth-order valence-corrected chi connectivity index (χ4v) is 2.52. The van der Waals surface area contributed by atoms with Gasteiger partial charge in [0.2, 0.25) is 0 Å². The van der Waals surface area contributed by atoms with Gasteiger partial charge < -0.3 is 20.1 Å². The molecule has 0 aliphatic heterocycles. The predicted molar refractivity (Wildman–Crippen MR) is 79.0 cm³/mol. The van der Waals surface area contributed by atoms with E-state index in [0.29, 0.717) is 0 Å². The van der Waals surface area contributed by atoms with E-state index in [4.69, 9.17) is 5.11 Å². The molecule has 2 aromatic rings. The first-order valence-electron chi connectivity index (χ1n) is 7.19. The van der Waals surface area contributed by atoms with Gasteiger partial charge in [0.25, 0.3) is 0 Å². The van der Waals surface area contributed by atoms with Gasteiger partial charge in [-0.25, -0.2) is 9.97 Å². The third kappa shape index (κ3) is 2.56. The maximum absolute atomic E-state index is 9.12. The number of nitrogens with one attached hydrogen (secondary N) is 2. The van der Waals surface area contributed by atoms with Crippen LogP contribution in [0.5, 0.6) is 0 Å². The van der Waals surface area contributed by atoms with Gasteiger partial charge in [0.05, 0.1) is 6.20 Å². The van der Waals surface area contributed by atoms with E-state index in [0.717, 1.165) is 36.8 Å². The summed E-state index contributed by atoms with van der Waals surface area (Å²) in [7, 11) is 0. The van der Waals surface area contributed by atoms with Crippen LogP contribution in [0.3, 0.4) is 0 Å². The second kappa shape index (κ2) is 5.28. The molecule has 0 spiro atoms. The number of hydrogen-bond acceptors (Lipinski definition) is 5. The quantitative estimate of drug-likeness (QED) is 0.717. The number of aliphatic hydroxyl groups excluding tert-OH is 1. The van der Waals surface area contributed by atoms with Crippen molar-refractivity contribution in [3.63, 3.8) is 0 Å². The summed E-state index contributed by atoms with van der Waals surface area (Å²) in [4.78, 5) is 8.93. The summed E-state index contributed by atoms with van der Waals surface area (Å²) in [6.07, 6.45) is 8.85. The summed E-state index contributed by atoms with van der Waals surface area (Å²) in [5.41, 5.74) is 1.10. The molecule has 3 N–H and O–H groups in total. The monoisotopic (exact) mass is 275 g/mol. The summed E-state index contributed by atoms with van der Waals surface area (Å²) in [6, 6.07) is 0. The summed E-state index contributed by atoms with van der Waals surface area (Å²) >= 11 is 0. The zero-order chi connectivity index (χ0) is 14.0. The lowest BCUT2D eigenvalue weighted by Crippen LogP contribution is -2.18. The van der Waals surface area contributed by atoms with E-state index < -0.39 is 0 Å². The Hall–Kier alpha value is -1.82. The minimum atomic E-state index is 0.255. The van der Waals surface area contributed by atoms with E-state index in [-0.39, 0.29) is 12.0 Å². The number of anilines is 2. The van der Waals surface area contributed by atoms with Crippen LogP contribution in [0.25, 0.3) is 5.65 Å². The van der Waals surface area contributed by atoms with Crippen molar-refractivity contribution in [2.75, 3.05) is 30.3 Å². The Morgan fingerprint density at radius 3 is 2.95 bits per heavy atom. The molecule has 1 saturated carbocycles. The summed E-state index contributed by atoms with van der Waals surface area (Å²) < 4.78 is 1.97. The predicted octanol–water partition coefficient (Wildman–Crippen LogP) is 1.74. The Balaban J connectivity index is 1.80. The normalized spacial score (nSPS) is 16.3. The lowest BCUT2D eigenvalue weighted by atomic mass is 10.0. The zero-order valence-electron chi connectivity index (χ0n) is 11.8. The number of hydrogen-bond donors (Lipinski definition) is 3. The summed E-state index contributed by atoms with van der Waals surface area (Å²) in [6.45, 7) is 3.98. The van der Waals surface area contributed by atoms with E-state index in [2.05, 4.69) is 20.6 Å². The number of fused-ring (bicyclic) bond motifs is 1. The van der Waals surface area contributed by atoms with Crippen molar-refractivity contribution in [3.05, 3.63) is 18.6 Å². The van der Waals surface area contributed by atoms with Crippen molar-refractivity contribution in [1.82, 2.24) is 14.4 Å². The lowest BCUT2D eigenvalue weighted by molar-refractivity contribution is 0.253. The first-order chi connectivity index (χ1) is 9.76. The highest BCUT2D eigenvalue weighted by molar-refractivity contribution is 5.65. The third-order valence-electron chi connectivity index (χ3n) is 3.96. The summed E-state index contributed by atoms with van der Waals surface area (Å²) in [5, 5.41) is 15.8. The molecule has 0 bridgehead atoms. The number of imidazole rings is 1. The molecule has 1 fully saturated rings. The number of aromatic nitrogens is 3. The van der Waals surface area contributed by atoms with E-state index in [1.165, 1.54) is 12.8 Å². The van der Waals surface area contributed by atoms with E-state index >= 15 is 0 Å². The number of rotatable bonds is 7. The molecule has 2 heterocycles. The average molecular weight is 275 g/mol. The van der Waals surface area contributed by atoms with Crippen LogP contribution in [0.1, 0.15) is 26.2 Å². The van der Waals surface area contributed by atoms with Crippen molar-refractivity contribution < 1.29 is 5.11 Å². The van der Waals surface area contributed by atoms with Crippen LogP contribution in [0.4, 0.5) is 11.6 Å². The second-order valence-electron chi connectivity index (χ2n) is 5.49. The fraction of sp³-hybridized carbons (Fsp3) is 0.571. The first-order valence-corrected chi connectivity index (χ1v) is 7.19. The Morgan fingerprint density at radius 1 is 1.40 bits per heavy atom. The molecule has 2 aromatic heterocycles. The molecule has 0 aromatic carbocycles. The van der Waals surface area contributed by atoms with Gasteiger partial charge in [-0.15, -0.1) is 0 Å². The van der Waals surface area contributed by atoms with Gasteiger partial charge in [-0.2, -0.15) is 0 Å². The Labute approximate surface area is 118 Å². The van der Waals surface area contributed by atoms with Crippen LogP contribution in [-0.4, -0.2) is 39.2 Å². The van der Waals surface area contributed by atoms with Crippen molar-refractivity contribution in [3.8, 4) is 0 Å². The molecule has 108 valence electrons. The number of aliphatic hydroxyl groups is 1.